The Hall–Kier alpha value is -3.04. The topological polar surface area (TPSA) is 99.1 Å². The largest absolute Gasteiger partial charge is 0.508 e. The van der Waals surface area contributed by atoms with Crippen LogP contribution in [0.3, 0.4) is 0 Å². The van der Waals surface area contributed by atoms with Gasteiger partial charge in [0.15, 0.2) is 15.8 Å². The maximum absolute atomic E-state index is 12.6. The quantitative estimate of drug-likeness (QED) is 0.534. The van der Waals surface area contributed by atoms with Gasteiger partial charge in [0.25, 0.3) is 11.8 Å². The molecular formula is C18H14N2O5S2. The first-order valence-corrected chi connectivity index (χ1v) is 8.86. The van der Waals surface area contributed by atoms with Crippen LogP contribution in [0.15, 0.2) is 47.4 Å². The molecule has 138 valence electrons. The SMILES string of the molecule is COc1cc(/C=C2\SC(=S)N(NC(=O)c3ccc(O)cc3)C2=O)ccc1O. The van der Waals surface area contributed by atoms with E-state index < -0.39 is 11.8 Å². The van der Waals surface area contributed by atoms with Crippen molar-refractivity contribution in [3.63, 3.8) is 0 Å². The van der Waals surface area contributed by atoms with Gasteiger partial charge >= 0.3 is 0 Å². The molecule has 27 heavy (non-hydrogen) atoms. The molecule has 3 N–H and O–H groups in total. The van der Waals surface area contributed by atoms with Crippen molar-refractivity contribution in [1.82, 2.24) is 10.4 Å². The number of hydrazine groups is 1. The number of ether oxygens (including phenoxy) is 1. The molecular weight excluding hydrogens is 388 g/mol. The van der Waals surface area contributed by atoms with Crippen LogP contribution in [0.1, 0.15) is 15.9 Å². The van der Waals surface area contributed by atoms with Gasteiger partial charge in [-0.3, -0.25) is 15.0 Å². The zero-order valence-electron chi connectivity index (χ0n) is 14.0. The second-order valence-electron chi connectivity index (χ2n) is 5.44. The van der Waals surface area contributed by atoms with Gasteiger partial charge in [0.2, 0.25) is 0 Å². The van der Waals surface area contributed by atoms with Gasteiger partial charge in [0.1, 0.15) is 5.75 Å². The number of phenols is 2. The molecule has 0 aromatic heterocycles. The van der Waals surface area contributed by atoms with Crippen LogP contribution in [0.2, 0.25) is 0 Å². The summed E-state index contributed by atoms with van der Waals surface area (Å²) >= 11 is 6.22. The van der Waals surface area contributed by atoms with Gasteiger partial charge in [0, 0.05) is 5.56 Å². The molecule has 0 spiro atoms. The van der Waals surface area contributed by atoms with Gasteiger partial charge < -0.3 is 14.9 Å². The van der Waals surface area contributed by atoms with Crippen molar-refractivity contribution in [3.8, 4) is 17.2 Å². The van der Waals surface area contributed by atoms with Crippen LogP contribution < -0.4 is 10.2 Å². The van der Waals surface area contributed by atoms with E-state index in [-0.39, 0.29) is 27.1 Å². The van der Waals surface area contributed by atoms with Crippen molar-refractivity contribution in [2.75, 3.05) is 7.11 Å². The third-order valence-electron chi connectivity index (χ3n) is 3.64. The number of phenolic OH excluding ortho intramolecular Hbond substituents is 2. The van der Waals surface area contributed by atoms with Crippen LogP contribution in [0.4, 0.5) is 0 Å². The zero-order valence-corrected chi connectivity index (χ0v) is 15.6. The van der Waals surface area contributed by atoms with Gasteiger partial charge in [0.05, 0.1) is 12.0 Å². The van der Waals surface area contributed by atoms with Gasteiger partial charge in [-0.25, -0.2) is 0 Å². The second-order valence-corrected chi connectivity index (χ2v) is 7.11. The summed E-state index contributed by atoms with van der Waals surface area (Å²) in [7, 11) is 1.43. The predicted molar refractivity (Wildman–Crippen MR) is 105 cm³/mol. The number of methoxy groups -OCH3 is 1. The number of carbonyl (C=O) groups excluding carboxylic acids is 2. The summed E-state index contributed by atoms with van der Waals surface area (Å²) < 4.78 is 5.23. The lowest BCUT2D eigenvalue weighted by Crippen LogP contribution is -2.44. The standard InChI is InChI=1S/C18H14N2O5S2/c1-25-14-8-10(2-7-13(14)22)9-15-17(24)20(18(26)27-15)19-16(23)11-3-5-12(21)6-4-11/h2-9,21-22H,1H3,(H,19,23)/b15-9-. The van der Waals surface area contributed by atoms with Gasteiger partial charge in [-0.15, -0.1) is 0 Å². The summed E-state index contributed by atoms with van der Waals surface area (Å²) in [6, 6.07) is 10.3. The van der Waals surface area contributed by atoms with Crippen molar-refractivity contribution in [1.29, 1.82) is 0 Å². The fourth-order valence-electron chi connectivity index (χ4n) is 2.28. The number of nitrogens with zero attached hydrogens (tertiary/aromatic N) is 1. The zero-order chi connectivity index (χ0) is 19.6. The smallest absolute Gasteiger partial charge is 0.285 e. The second kappa shape index (κ2) is 7.68. The van der Waals surface area contributed by atoms with E-state index in [1.54, 1.807) is 18.2 Å². The molecule has 7 nitrogen and oxygen atoms in total. The highest BCUT2D eigenvalue weighted by molar-refractivity contribution is 8.26. The minimum Gasteiger partial charge on any atom is -0.508 e. The van der Waals surface area contributed by atoms with Crippen molar-refractivity contribution in [2.24, 2.45) is 0 Å². The van der Waals surface area contributed by atoms with E-state index in [4.69, 9.17) is 17.0 Å². The molecule has 3 rings (SSSR count). The maximum Gasteiger partial charge on any atom is 0.285 e. The molecule has 0 saturated carbocycles. The molecule has 1 fully saturated rings. The number of amides is 2. The van der Waals surface area contributed by atoms with Crippen molar-refractivity contribution < 1.29 is 24.5 Å². The fourth-order valence-corrected chi connectivity index (χ4v) is 3.46. The third-order valence-corrected chi connectivity index (χ3v) is 4.94. The predicted octanol–water partition coefficient (Wildman–Crippen LogP) is 2.65. The highest BCUT2D eigenvalue weighted by Gasteiger charge is 2.33. The van der Waals surface area contributed by atoms with E-state index in [0.717, 1.165) is 16.8 Å². The first-order chi connectivity index (χ1) is 12.9. The maximum atomic E-state index is 12.6. The molecule has 1 aliphatic rings. The molecule has 0 radical (unpaired) electrons. The van der Waals surface area contributed by atoms with E-state index >= 15 is 0 Å². The summed E-state index contributed by atoms with van der Waals surface area (Å²) in [5, 5.41) is 19.9. The lowest BCUT2D eigenvalue weighted by molar-refractivity contribution is -0.123. The molecule has 2 aromatic carbocycles. The molecule has 0 aliphatic carbocycles. The van der Waals surface area contributed by atoms with Gasteiger partial charge in [-0.05, 0) is 60.3 Å². The van der Waals surface area contributed by atoms with Crippen molar-refractivity contribution in [3.05, 3.63) is 58.5 Å². The van der Waals surface area contributed by atoms with E-state index in [9.17, 15) is 19.8 Å². The lowest BCUT2D eigenvalue weighted by Gasteiger charge is -2.15. The Morgan fingerprint density at radius 1 is 1.22 bits per heavy atom. The van der Waals surface area contributed by atoms with Crippen LogP contribution in [0.5, 0.6) is 17.2 Å². The van der Waals surface area contributed by atoms with E-state index in [1.807, 2.05) is 0 Å². The highest BCUT2D eigenvalue weighted by Crippen LogP contribution is 2.33. The first kappa shape index (κ1) is 18.7. The number of carbonyl (C=O) groups is 2. The summed E-state index contributed by atoms with van der Waals surface area (Å²) in [6.07, 6.45) is 1.59. The van der Waals surface area contributed by atoms with E-state index in [2.05, 4.69) is 5.43 Å². The molecule has 2 amide bonds. The van der Waals surface area contributed by atoms with Crippen LogP contribution >= 0.6 is 24.0 Å². The highest BCUT2D eigenvalue weighted by atomic mass is 32.2. The lowest BCUT2D eigenvalue weighted by atomic mass is 10.2. The van der Waals surface area contributed by atoms with Crippen LogP contribution in [0.25, 0.3) is 6.08 Å². The Morgan fingerprint density at radius 3 is 2.59 bits per heavy atom. The molecule has 1 heterocycles. The molecule has 0 atom stereocenters. The summed E-state index contributed by atoms with van der Waals surface area (Å²) in [4.78, 5) is 25.2. The van der Waals surface area contributed by atoms with E-state index in [1.165, 1.54) is 37.4 Å². The Morgan fingerprint density at radius 2 is 1.93 bits per heavy atom. The molecule has 0 unspecified atom stereocenters. The third kappa shape index (κ3) is 4.04. The minimum absolute atomic E-state index is 0.0108. The van der Waals surface area contributed by atoms with Crippen molar-refractivity contribution in [2.45, 2.75) is 0 Å². The molecule has 2 aromatic rings. The number of benzene rings is 2. The van der Waals surface area contributed by atoms with E-state index in [0.29, 0.717) is 10.5 Å². The molecule has 0 bridgehead atoms. The molecule has 9 heteroatoms. The van der Waals surface area contributed by atoms with Gasteiger partial charge in [-0.2, -0.15) is 5.01 Å². The number of hydrogen-bond donors (Lipinski definition) is 3. The number of rotatable bonds is 4. The number of aromatic hydroxyl groups is 2. The minimum atomic E-state index is -0.529. The Kier molecular flexibility index (Phi) is 5.33. The summed E-state index contributed by atoms with van der Waals surface area (Å²) in [5.41, 5.74) is 3.36. The normalized spacial score (nSPS) is 15.3. The number of nitrogens with one attached hydrogen (secondary N) is 1. The Balaban J connectivity index is 1.78. The van der Waals surface area contributed by atoms with Gasteiger partial charge in [-0.1, -0.05) is 17.8 Å². The summed E-state index contributed by atoms with van der Waals surface area (Å²) in [5.74, 6) is -0.698. The molecule has 1 aliphatic heterocycles. The first-order valence-electron chi connectivity index (χ1n) is 7.64. The van der Waals surface area contributed by atoms with Crippen LogP contribution in [-0.4, -0.2) is 38.5 Å². The number of hydrogen-bond acceptors (Lipinski definition) is 7. The van der Waals surface area contributed by atoms with Crippen molar-refractivity contribution >= 4 is 46.2 Å². The summed E-state index contributed by atoms with van der Waals surface area (Å²) in [6.45, 7) is 0. The Bertz CT molecular complexity index is 957. The molecule has 1 saturated heterocycles. The fraction of sp³-hybridized carbons (Fsp3) is 0.0556. The average Bonchev–Trinajstić information content (AvgIpc) is 2.91. The van der Waals surface area contributed by atoms with Crippen LogP contribution in [-0.2, 0) is 4.79 Å². The number of thioether (sulfide) groups is 1. The monoisotopic (exact) mass is 402 g/mol. The van der Waals surface area contributed by atoms with Crippen LogP contribution in [0, 0.1) is 0 Å². The average molecular weight is 402 g/mol. The number of thiocarbonyl (C=S) groups is 1. The Labute approximate surface area is 164 Å².